The summed E-state index contributed by atoms with van der Waals surface area (Å²) in [7, 11) is 2.82. The van der Waals surface area contributed by atoms with Crippen LogP contribution in [0.1, 0.15) is 67.0 Å². The molecule has 736 valence electrons. The number of methoxy groups -OCH3 is 2. The lowest BCUT2D eigenvalue weighted by Crippen LogP contribution is -2.43. The number of carbonyl (C=O) groups excluding carboxylic acids is 4. The van der Waals surface area contributed by atoms with Crippen molar-refractivity contribution in [1.29, 1.82) is 31.6 Å². The summed E-state index contributed by atoms with van der Waals surface area (Å²) in [5.74, 6) is -0.532. The van der Waals surface area contributed by atoms with Crippen molar-refractivity contribution in [1.82, 2.24) is 46.6 Å². The molecule has 0 aliphatic carbocycles. The van der Waals surface area contributed by atoms with E-state index in [9.17, 15) is 56.5 Å². The fraction of sp³-hybridized carbons (Fsp3) is 0.0849. The summed E-state index contributed by atoms with van der Waals surface area (Å²) in [6.07, 6.45) is 11.6. The molecule has 13 heterocycles. The first kappa shape index (κ1) is 112. The van der Waals surface area contributed by atoms with Crippen molar-refractivity contribution in [2.24, 2.45) is 0 Å². The van der Waals surface area contributed by atoms with Crippen LogP contribution in [0.5, 0.6) is 63.6 Å². The van der Waals surface area contributed by atoms with Gasteiger partial charge in [-0.25, -0.2) is 37.3 Å². The molecular formula is C106H79Br5F4N16O15. The van der Waals surface area contributed by atoms with Gasteiger partial charge in [0.2, 0.25) is 23.5 Å². The van der Waals surface area contributed by atoms with E-state index < -0.39 is 46.5 Å². The second-order valence-corrected chi connectivity index (χ2v) is 33.2. The second kappa shape index (κ2) is 56.7. The SMILES string of the molecule is C=C(C#N)C(O)c1cccc(Br)n1.C=CC#N.COc1cc(F)ccc1O.COc1cc(F)ccc1Oc1cccc2cc(C#N)cn12.Cc1cccc(Br)n1.N#Cc1cc2cccc(Br)n2c1.N#Cc1cc2cccc(Oc3ccc(F)cc3O)n2c1.N#Cc1cc2cccc(Oc3ccc(F)cc3OCCN3C=CC(=O)CC3=O)n2c1.O=C(c1ccccc1)n1c(=O)ccn(CCBr)c1=O.O=Cc1cccc(Br)n1. The van der Waals surface area contributed by atoms with E-state index in [2.05, 4.69) is 137 Å². The van der Waals surface area contributed by atoms with Crippen LogP contribution in [0.3, 0.4) is 0 Å². The number of hydrogen-bond donors (Lipinski definition) is 3. The maximum absolute atomic E-state index is 13.8. The molecule has 0 saturated carbocycles. The molecule has 0 bridgehead atoms. The number of ketones is 1. The van der Waals surface area contributed by atoms with Crippen LogP contribution in [0.25, 0.3) is 22.1 Å². The number of phenols is 2. The molecule has 0 saturated heterocycles. The molecule has 18 rings (SSSR count). The van der Waals surface area contributed by atoms with Gasteiger partial charge in [-0.05, 0) is 247 Å². The minimum atomic E-state index is -1.01. The Morgan fingerprint density at radius 1 is 0.507 bits per heavy atom. The van der Waals surface area contributed by atoms with Crippen molar-refractivity contribution in [3.8, 4) is 100 Å². The third-order valence-corrected chi connectivity index (χ3v) is 21.5. The molecule has 1 atom stereocenters. The molecule has 0 radical (unpaired) electrons. The van der Waals surface area contributed by atoms with Crippen molar-refractivity contribution >= 4 is 126 Å². The standard InChI is InChI=1S/C22H16FN3O4.C16H11FN2O2.C15H9FN2O2.C13H11BrN2O3.C9H7BrN2O.C9H5BrN2.C7H7FO2.C6H4BrNO.C6H6BrN.C3H3N/c23-16-4-5-19(30-22-3-1-2-17-10-15(13-24)14-26(17)22)20(11-16)29-9-8-25-7-6-18(27)12-21(25)28;1-20-15-8-12(17)5-6-14(15)21-16-4-2-3-13-7-11(9-18)10-19(13)16;16-11-4-5-14(13(19)7-11)20-15-3-1-2-12-6-10(8-17)9-18(12)15;14-7-9-15-8-6-11(17)16(13(15)19)12(18)10-4-2-1-3-5-10;1-6(5-11)9(13)7-3-2-4-8(10)12-7;10-9-3-1-2-8-4-7(5-11)6-12(8)9;1-10-7-4-5(8)2-3-6(7)9;7-6-3-1-2-5(4-9)8-6;1-5-3-2-4-6(7)8-5;1-2-3-4/h1-7,10-11,14H,8-9,12H2;2-8,10H,1H3;1-7,9,19H;1-6,8H,7,9H2;2-4,9,13H,1H2;1-4,6H;2-4,9H,1H3;1-4H;2-4H,1H3;2H,1H2. The number of aryl methyl sites for hydroxylation is 2. The lowest BCUT2D eigenvalue weighted by molar-refractivity contribution is -0.133. The molecule has 0 spiro atoms. The lowest BCUT2D eigenvalue weighted by Gasteiger charge is -2.21. The van der Waals surface area contributed by atoms with Crippen LogP contribution in [0, 0.1) is 98.2 Å². The highest BCUT2D eigenvalue weighted by atomic mass is 79.9. The number of alkyl halides is 1. The number of pyridine rings is 7. The lowest BCUT2D eigenvalue weighted by atomic mass is 10.1. The minimum absolute atomic E-state index is 0.0519. The first-order valence-corrected chi connectivity index (χ1v) is 46.7. The highest BCUT2D eigenvalue weighted by Crippen LogP contribution is 2.37. The predicted molar refractivity (Wildman–Crippen MR) is 551 cm³/mol. The number of aromatic nitrogens is 9. The number of hydrogen-bond acceptors (Lipinski definition) is 24. The highest BCUT2D eigenvalue weighted by molar-refractivity contribution is 9.11. The largest absolute Gasteiger partial charge is 0.504 e. The van der Waals surface area contributed by atoms with Crippen molar-refractivity contribution < 1.29 is 80.5 Å². The van der Waals surface area contributed by atoms with E-state index in [4.69, 9.17) is 60.4 Å². The monoisotopic (exact) mass is 2290 g/mol. The van der Waals surface area contributed by atoms with Crippen molar-refractivity contribution in [2.75, 3.05) is 32.7 Å². The van der Waals surface area contributed by atoms with Crippen LogP contribution in [-0.2, 0) is 16.1 Å². The molecule has 1 unspecified atom stereocenters. The quantitative estimate of drug-likeness (QED) is 0.0179. The van der Waals surface area contributed by atoms with Gasteiger partial charge in [0.1, 0.15) is 79.8 Å². The molecule has 146 heavy (non-hydrogen) atoms. The number of nitrogens with zero attached hydrogens (tertiary/aromatic N) is 16. The molecule has 40 heteroatoms. The third kappa shape index (κ3) is 33.3. The number of ether oxygens (including phenoxy) is 6. The zero-order chi connectivity index (χ0) is 106. The van der Waals surface area contributed by atoms with Gasteiger partial charge >= 0.3 is 5.69 Å². The van der Waals surface area contributed by atoms with E-state index in [1.807, 2.05) is 78.1 Å². The molecule has 17 aromatic rings. The summed E-state index contributed by atoms with van der Waals surface area (Å²) in [5, 5.41) is 80.3. The van der Waals surface area contributed by atoms with Gasteiger partial charge in [0.05, 0.1) is 77.4 Å². The number of allylic oxidation sites excluding steroid dienone is 2. The van der Waals surface area contributed by atoms with Gasteiger partial charge in [0.25, 0.3) is 11.5 Å². The molecule has 31 nitrogen and oxygen atoms in total. The summed E-state index contributed by atoms with van der Waals surface area (Å²) in [6, 6.07) is 81.4. The Balaban J connectivity index is 0.000000187. The van der Waals surface area contributed by atoms with E-state index >= 15 is 0 Å². The first-order valence-electron chi connectivity index (χ1n) is 42.4. The summed E-state index contributed by atoms with van der Waals surface area (Å²) in [4.78, 5) is 82.5. The smallest absolute Gasteiger partial charge is 0.338 e. The first-order chi connectivity index (χ1) is 70.3. The molecule has 1 aliphatic rings. The maximum Gasteiger partial charge on any atom is 0.338 e. The molecule has 1 aliphatic heterocycles. The number of halogens is 9. The number of fused-ring (bicyclic) bond motifs is 4. The normalized spacial score (nSPS) is 10.7. The number of amides is 1. The number of aliphatic hydroxyl groups excluding tert-OH is 1. The Hall–Kier alpha value is -17.6. The Morgan fingerprint density at radius 3 is 1.40 bits per heavy atom. The molecule has 1 amide bonds. The second-order valence-electron chi connectivity index (χ2n) is 29.2. The molecule has 5 aromatic carbocycles. The van der Waals surface area contributed by atoms with E-state index in [0.29, 0.717) is 100 Å². The van der Waals surface area contributed by atoms with Crippen molar-refractivity contribution in [2.45, 2.75) is 26.0 Å². The number of phenolic OH excluding ortho intramolecular Hbond substituents is 2. The molecule has 0 fully saturated rings. The van der Waals surface area contributed by atoms with Gasteiger partial charge in [-0.2, -0.15) is 36.1 Å². The Bertz CT molecular complexity index is 7980. The van der Waals surface area contributed by atoms with E-state index in [1.165, 1.54) is 109 Å². The van der Waals surface area contributed by atoms with E-state index in [-0.39, 0.29) is 71.3 Å². The van der Waals surface area contributed by atoms with Gasteiger partial charge in [0.15, 0.2) is 58.1 Å². The van der Waals surface area contributed by atoms with Gasteiger partial charge in [0, 0.05) is 119 Å². The topological polar surface area (TPSA) is 431 Å². The average molecular weight is 2290 g/mol. The van der Waals surface area contributed by atoms with Crippen LogP contribution < -0.4 is 39.7 Å². The molecule has 3 N–H and O–H groups in total. The highest BCUT2D eigenvalue weighted by Gasteiger charge is 2.22. The Morgan fingerprint density at radius 2 is 0.959 bits per heavy atom. The van der Waals surface area contributed by atoms with E-state index in [0.717, 1.165) is 55.2 Å². The average Bonchev–Trinajstić information content (AvgIpc) is 1.78. The number of benzene rings is 5. The Kier molecular flexibility index (Phi) is 43.5. The summed E-state index contributed by atoms with van der Waals surface area (Å²) >= 11 is 16.2. The zero-order valence-corrected chi connectivity index (χ0v) is 84.8. The summed E-state index contributed by atoms with van der Waals surface area (Å²) in [5.41, 5.74) is 6.70. The fourth-order valence-corrected chi connectivity index (χ4v) is 14.4. The van der Waals surface area contributed by atoms with Crippen LogP contribution in [0.4, 0.5) is 17.6 Å². The van der Waals surface area contributed by atoms with Gasteiger partial charge in [-0.3, -0.25) is 41.7 Å². The predicted octanol–water partition coefficient (Wildman–Crippen LogP) is 22.3. The van der Waals surface area contributed by atoms with Gasteiger partial charge in [-0.15, -0.1) is 0 Å². The number of rotatable bonds is 18. The number of aldehydes is 1. The summed E-state index contributed by atoms with van der Waals surface area (Å²) in [6.45, 7) is 9.17. The van der Waals surface area contributed by atoms with Crippen molar-refractivity contribution in [3.63, 3.8) is 0 Å². The number of nitriles is 6. The maximum atomic E-state index is 13.8. The number of aromatic hydroxyl groups is 2. The summed E-state index contributed by atoms with van der Waals surface area (Å²) < 4.78 is 97.2. The third-order valence-electron chi connectivity index (χ3n) is 19.2. The fourth-order valence-electron chi connectivity index (χ4n) is 12.4. The van der Waals surface area contributed by atoms with Gasteiger partial charge < -0.3 is 53.0 Å². The minimum Gasteiger partial charge on any atom is -0.504 e. The van der Waals surface area contributed by atoms with Crippen LogP contribution in [0.2, 0.25) is 0 Å². The number of carbonyl (C=O) groups is 4. The van der Waals surface area contributed by atoms with Crippen molar-refractivity contribution in [3.05, 3.63) is 436 Å². The zero-order valence-electron chi connectivity index (χ0n) is 76.8. The number of aliphatic hydroxyl groups is 1. The Labute approximate surface area is 872 Å². The molecular weight excluding hydrogens is 2210 g/mol. The van der Waals surface area contributed by atoms with Gasteiger partial charge in [-0.1, -0.05) is 89.8 Å². The van der Waals surface area contributed by atoms with Crippen LogP contribution in [0.15, 0.2) is 357 Å². The van der Waals surface area contributed by atoms with Crippen LogP contribution in [-0.4, -0.2) is 118 Å². The van der Waals surface area contributed by atoms with E-state index in [1.54, 1.807) is 165 Å². The molecule has 12 aromatic heterocycles. The van der Waals surface area contributed by atoms with Crippen LogP contribution >= 0.6 is 79.6 Å².